The Bertz CT molecular complexity index is 440. The third-order valence-electron chi connectivity index (χ3n) is 1.89. The maximum atomic E-state index is 11.3. The first-order chi connectivity index (χ1) is 6.57. The zero-order chi connectivity index (χ0) is 10.6. The minimum Gasteiger partial charge on any atom is -0.238 e. The van der Waals surface area contributed by atoms with Gasteiger partial charge in [-0.05, 0) is 5.56 Å². The first kappa shape index (κ1) is 10.7. The Hall–Kier alpha value is -1.34. The van der Waals surface area contributed by atoms with E-state index in [9.17, 15) is 8.42 Å². The molecule has 0 unspecified atom stereocenters. The van der Waals surface area contributed by atoms with Crippen molar-refractivity contribution in [1.82, 2.24) is 0 Å². The predicted molar refractivity (Wildman–Crippen MR) is 55.9 cm³/mol. The van der Waals surface area contributed by atoms with Gasteiger partial charge in [-0.15, -0.1) is 0 Å². The van der Waals surface area contributed by atoms with Crippen LogP contribution in [-0.2, 0) is 15.6 Å². The van der Waals surface area contributed by atoms with Gasteiger partial charge < -0.3 is 0 Å². The molecular weight excluding hydrogens is 198 g/mol. The van der Waals surface area contributed by atoms with Crippen LogP contribution >= 0.6 is 0 Å². The number of hydrogen-bond acceptors (Lipinski definition) is 2. The van der Waals surface area contributed by atoms with Crippen molar-refractivity contribution in [3.8, 4) is 0 Å². The Kier molecular flexibility index (Phi) is 3.26. The van der Waals surface area contributed by atoms with Crippen molar-refractivity contribution in [3.05, 3.63) is 41.2 Å². The molecule has 0 saturated heterocycles. The van der Waals surface area contributed by atoms with Crippen molar-refractivity contribution in [2.45, 2.75) is 12.7 Å². The molecule has 0 radical (unpaired) electrons. The van der Waals surface area contributed by atoms with Crippen LogP contribution in [0.5, 0.6) is 0 Å². The molecule has 0 saturated carbocycles. The van der Waals surface area contributed by atoms with Crippen LogP contribution in [0.4, 0.5) is 5.69 Å². The zero-order valence-electron chi connectivity index (χ0n) is 7.90. The molecule has 14 heavy (non-hydrogen) atoms. The quantitative estimate of drug-likeness (QED) is 0.715. The summed E-state index contributed by atoms with van der Waals surface area (Å²) in [6.45, 7) is 8.36. The lowest BCUT2D eigenvalue weighted by Crippen LogP contribution is -2.06. The number of sulfone groups is 1. The van der Waals surface area contributed by atoms with Crippen LogP contribution in [0.1, 0.15) is 12.5 Å². The van der Waals surface area contributed by atoms with Gasteiger partial charge in [0, 0.05) is 5.75 Å². The third kappa shape index (κ3) is 2.86. The summed E-state index contributed by atoms with van der Waals surface area (Å²) in [6.07, 6.45) is 0. The van der Waals surface area contributed by atoms with E-state index in [1.54, 1.807) is 31.2 Å². The van der Waals surface area contributed by atoms with Gasteiger partial charge in [-0.1, -0.05) is 31.2 Å². The lowest BCUT2D eigenvalue weighted by molar-refractivity contribution is 0.596. The van der Waals surface area contributed by atoms with E-state index in [4.69, 9.17) is 6.57 Å². The Morgan fingerprint density at radius 2 is 1.86 bits per heavy atom. The van der Waals surface area contributed by atoms with Crippen LogP contribution in [0, 0.1) is 6.57 Å². The van der Waals surface area contributed by atoms with Crippen LogP contribution in [0.3, 0.4) is 0 Å². The molecule has 0 atom stereocenters. The van der Waals surface area contributed by atoms with Crippen LogP contribution in [0.2, 0.25) is 0 Å². The molecule has 0 bridgehead atoms. The smallest absolute Gasteiger partial charge is 0.187 e. The monoisotopic (exact) mass is 209 g/mol. The van der Waals surface area contributed by atoms with Gasteiger partial charge in [0.1, 0.15) is 0 Å². The van der Waals surface area contributed by atoms with Gasteiger partial charge >= 0.3 is 0 Å². The lowest BCUT2D eigenvalue weighted by Gasteiger charge is -2.01. The second kappa shape index (κ2) is 4.25. The molecule has 0 aliphatic rings. The highest BCUT2D eigenvalue weighted by atomic mass is 32.2. The molecule has 1 aromatic rings. The van der Waals surface area contributed by atoms with E-state index in [2.05, 4.69) is 4.85 Å². The fourth-order valence-corrected chi connectivity index (χ4v) is 1.93. The van der Waals surface area contributed by atoms with E-state index < -0.39 is 9.84 Å². The Balaban J connectivity index is 2.86. The molecule has 0 heterocycles. The molecule has 4 heteroatoms. The molecule has 0 aliphatic carbocycles. The van der Waals surface area contributed by atoms with E-state index >= 15 is 0 Å². The highest BCUT2D eigenvalue weighted by Gasteiger charge is 2.08. The molecule has 3 nitrogen and oxygen atoms in total. The Labute approximate surface area is 84.1 Å². The first-order valence-corrected chi connectivity index (χ1v) is 6.06. The maximum absolute atomic E-state index is 11.3. The van der Waals surface area contributed by atoms with Crippen molar-refractivity contribution >= 4 is 15.5 Å². The summed E-state index contributed by atoms with van der Waals surface area (Å²) >= 11 is 0. The van der Waals surface area contributed by atoms with Gasteiger partial charge in [-0.3, -0.25) is 0 Å². The van der Waals surface area contributed by atoms with Crippen molar-refractivity contribution in [2.24, 2.45) is 0 Å². The first-order valence-electron chi connectivity index (χ1n) is 4.24. The Morgan fingerprint density at radius 3 is 2.29 bits per heavy atom. The standard InChI is InChI=1S/C10H11NO2S/c1-3-14(12,13)8-9-4-6-10(11-2)7-5-9/h4-7H,3,8H2,1H3. The predicted octanol–water partition coefficient (Wildman–Crippen LogP) is 2.17. The minimum atomic E-state index is -2.97. The molecular formula is C10H11NO2S. The summed E-state index contributed by atoms with van der Waals surface area (Å²) < 4.78 is 22.5. The van der Waals surface area contributed by atoms with Crippen LogP contribution < -0.4 is 0 Å². The van der Waals surface area contributed by atoms with Gasteiger partial charge in [0.2, 0.25) is 0 Å². The second-order valence-electron chi connectivity index (χ2n) is 2.95. The number of rotatable bonds is 3. The highest BCUT2D eigenvalue weighted by molar-refractivity contribution is 7.90. The fourth-order valence-electron chi connectivity index (χ4n) is 1.02. The third-order valence-corrected chi connectivity index (χ3v) is 3.54. The van der Waals surface area contributed by atoms with Crippen LogP contribution in [0.15, 0.2) is 24.3 Å². The average molecular weight is 209 g/mol. The molecule has 74 valence electrons. The molecule has 0 aliphatic heterocycles. The number of nitrogens with zero attached hydrogens (tertiary/aromatic N) is 1. The van der Waals surface area contributed by atoms with Crippen molar-refractivity contribution in [1.29, 1.82) is 0 Å². The molecule has 1 rings (SSSR count). The fraction of sp³-hybridized carbons (Fsp3) is 0.300. The zero-order valence-corrected chi connectivity index (χ0v) is 8.71. The average Bonchev–Trinajstić information content (AvgIpc) is 2.19. The van der Waals surface area contributed by atoms with E-state index in [1.165, 1.54) is 0 Å². The largest absolute Gasteiger partial charge is 0.238 e. The molecule has 0 aromatic heterocycles. The van der Waals surface area contributed by atoms with Crippen molar-refractivity contribution < 1.29 is 8.42 Å². The topological polar surface area (TPSA) is 38.5 Å². The minimum absolute atomic E-state index is 0.0573. The van der Waals surface area contributed by atoms with Crippen molar-refractivity contribution in [3.63, 3.8) is 0 Å². The van der Waals surface area contributed by atoms with Crippen LogP contribution in [0.25, 0.3) is 4.85 Å². The van der Waals surface area contributed by atoms with E-state index in [0.29, 0.717) is 5.69 Å². The molecule has 1 aromatic carbocycles. The summed E-state index contributed by atoms with van der Waals surface area (Å²) in [6, 6.07) is 6.63. The van der Waals surface area contributed by atoms with E-state index in [0.717, 1.165) is 5.56 Å². The lowest BCUT2D eigenvalue weighted by atomic mass is 10.2. The molecule has 0 spiro atoms. The summed E-state index contributed by atoms with van der Waals surface area (Å²) in [7, 11) is -2.97. The molecule has 0 amide bonds. The van der Waals surface area contributed by atoms with Gasteiger partial charge in [0.05, 0.1) is 12.3 Å². The molecule has 0 fully saturated rings. The van der Waals surface area contributed by atoms with Gasteiger partial charge in [0.15, 0.2) is 15.5 Å². The van der Waals surface area contributed by atoms with Gasteiger partial charge in [-0.2, -0.15) is 0 Å². The molecule has 0 N–H and O–H groups in total. The maximum Gasteiger partial charge on any atom is 0.187 e. The van der Waals surface area contributed by atoms with E-state index in [-0.39, 0.29) is 11.5 Å². The summed E-state index contributed by atoms with van der Waals surface area (Å²) in [5.41, 5.74) is 1.27. The van der Waals surface area contributed by atoms with Gasteiger partial charge in [-0.25, -0.2) is 13.3 Å². The van der Waals surface area contributed by atoms with Crippen molar-refractivity contribution in [2.75, 3.05) is 5.75 Å². The summed E-state index contributed by atoms with van der Waals surface area (Å²) in [5.74, 6) is 0.208. The number of benzene rings is 1. The summed E-state index contributed by atoms with van der Waals surface area (Å²) in [4.78, 5) is 3.23. The Morgan fingerprint density at radius 1 is 1.29 bits per heavy atom. The summed E-state index contributed by atoms with van der Waals surface area (Å²) in [5, 5.41) is 0. The van der Waals surface area contributed by atoms with E-state index in [1.807, 2.05) is 0 Å². The number of hydrogen-bond donors (Lipinski definition) is 0. The second-order valence-corrected chi connectivity index (χ2v) is 5.31. The SMILES string of the molecule is [C-]#[N+]c1ccc(CS(=O)(=O)CC)cc1. The van der Waals surface area contributed by atoms with Crippen LogP contribution in [-0.4, -0.2) is 14.2 Å². The van der Waals surface area contributed by atoms with Gasteiger partial charge in [0.25, 0.3) is 0 Å². The highest BCUT2D eigenvalue weighted by Crippen LogP contribution is 2.14. The normalized spacial score (nSPS) is 10.9.